The first-order valence-electron chi connectivity index (χ1n) is 6.28. The maximum Gasteiger partial charge on any atom is 0.273 e. The molecule has 1 unspecified atom stereocenters. The molecule has 7 heteroatoms. The number of hydrogen-bond donors (Lipinski definition) is 2. The predicted molar refractivity (Wildman–Crippen MR) is 72.9 cm³/mol. The monoisotopic (exact) mass is 282 g/mol. The van der Waals surface area contributed by atoms with Gasteiger partial charge in [-0.3, -0.25) is 14.9 Å². The summed E-state index contributed by atoms with van der Waals surface area (Å²) >= 11 is 0. The average molecular weight is 282 g/mol. The van der Waals surface area contributed by atoms with Crippen molar-refractivity contribution in [3.05, 3.63) is 33.9 Å². The standard InChI is InChI=1S/C13H18N2O5/c1-3-4-10(16)8-14-13(17)11-6-5-9(15(18)19)7-12(11)20-2/h5-7,10,16H,3-4,8H2,1-2H3,(H,14,17). The van der Waals surface area contributed by atoms with Crippen LogP contribution in [0, 0.1) is 10.1 Å². The Labute approximate surface area is 116 Å². The zero-order chi connectivity index (χ0) is 15.1. The van der Waals surface area contributed by atoms with Gasteiger partial charge in [-0.25, -0.2) is 0 Å². The average Bonchev–Trinajstić information content (AvgIpc) is 2.44. The Morgan fingerprint density at radius 1 is 1.55 bits per heavy atom. The predicted octanol–water partition coefficient (Wildman–Crippen LogP) is 1.49. The van der Waals surface area contributed by atoms with Crippen LogP contribution in [0.5, 0.6) is 5.75 Å². The van der Waals surface area contributed by atoms with Crippen LogP contribution in [-0.2, 0) is 0 Å². The molecule has 1 aromatic carbocycles. The molecule has 0 aliphatic rings. The van der Waals surface area contributed by atoms with Crippen molar-refractivity contribution in [1.82, 2.24) is 5.32 Å². The number of carbonyl (C=O) groups excluding carboxylic acids is 1. The Balaban J connectivity index is 2.79. The number of ether oxygens (including phenoxy) is 1. The second-order valence-corrected chi connectivity index (χ2v) is 4.29. The fourth-order valence-corrected chi connectivity index (χ4v) is 1.72. The van der Waals surface area contributed by atoms with Gasteiger partial charge in [0.1, 0.15) is 5.75 Å². The molecule has 0 bridgehead atoms. The third kappa shape index (κ3) is 4.20. The number of amides is 1. The van der Waals surface area contributed by atoms with Gasteiger partial charge in [-0.1, -0.05) is 13.3 Å². The number of rotatable bonds is 7. The molecule has 7 nitrogen and oxygen atoms in total. The van der Waals surface area contributed by atoms with E-state index in [1.54, 1.807) is 0 Å². The summed E-state index contributed by atoms with van der Waals surface area (Å²) in [5, 5.41) is 22.8. The SMILES string of the molecule is CCCC(O)CNC(=O)c1ccc([N+](=O)[O-])cc1OC. The smallest absolute Gasteiger partial charge is 0.273 e. The first kappa shape index (κ1) is 15.9. The van der Waals surface area contributed by atoms with Gasteiger partial charge in [0.2, 0.25) is 0 Å². The first-order chi connectivity index (χ1) is 9.49. The van der Waals surface area contributed by atoms with E-state index in [0.29, 0.717) is 6.42 Å². The highest BCUT2D eigenvalue weighted by molar-refractivity contribution is 5.97. The van der Waals surface area contributed by atoms with Crippen molar-refractivity contribution in [2.24, 2.45) is 0 Å². The molecule has 0 radical (unpaired) electrons. The number of hydrogen-bond acceptors (Lipinski definition) is 5. The van der Waals surface area contributed by atoms with Gasteiger partial charge in [-0.2, -0.15) is 0 Å². The molecule has 20 heavy (non-hydrogen) atoms. The molecule has 0 saturated heterocycles. The number of benzene rings is 1. The van der Waals surface area contributed by atoms with Gasteiger partial charge in [-0.15, -0.1) is 0 Å². The van der Waals surface area contributed by atoms with E-state index in [0.717, 1.165) is 6.42 Å². The number of nitrogens with zero attached hydrogens (tertiary/aromatic N) is 1. The normalized spacial score (nSPS) is 11.8. The molecule has 0 heterocycles. The third-order valence-corrected chi connectivity index (χ3v) is 2.76. The summed E-state index contributed by atoms with van der Waals surface area (Å²) in [5.41, 5.74) is 0.0474. The molecule has 0 aromatic heterocycles. The van der Waals surface area contributed by atoms with Crippen LogP contribution in [0.25, 0.3) is 0 Å². The molecular formula is C13H18N2O5. The largest absolute Gasteiger partial charge is 0.496 e. The zero-order valence-electron chi connectivity index (χ0n) is 11.5. The van der Waals surface area contributed by atoms with Crippen molar-refractivity contribution in [3.63, 3.8) is 0 Å². The van der Waals surface area contributed by atoms with E-state index in [2.05, 4.69) is 5.32 Å². The summed E-state index contributed by atoms with van der Waals surface area (Å²) in [7, 11) is 1.34. The Morgan fingerprint density at radius 3 is 2.80 bits per heavy atom. The lowest BCUT2D eigenvalue weighted by atomic mass is 10.1. The van der Waals surface area contributed by atoms with Crippen molar-refractivity contribution in [1.29, 1.82) is 0 Å². The molecule has 1 rings (SSSR count). The lowest BCUT2D eigenvalue weighted by Crippen LogP contribution is -2.32. The van der Waals surface area contributed by atoms with E-state index in [1.807, 2.05) is 6.92 Å². The number of nitrogens with one attached hydrogen (secondary N) is 1. The summed E-state index contributed by atoms with van der Waals surface area (Å²) < 4.78 is 4.98. The minimum atomic E-state index is -0.604. The Morgan fingerprint density at radius 2 is 2.25 bits per heavy atom. The first-order valence-corrected chi connectivity index (χ1v) is 6.28. The fourth-order valence-electron chi connectivity index (χ4n) is 1.72. The molecule has 0 spiro atoms. The van der Waals surface area contributed by atoms with Gasteiger partial charge in [0.05, 0.1) is 29.8 Å². The number of carbonyl (C=O) groups is 1. The minimum absolute atomic E-state index is 0.127. The molecule has 1 aromatic rings. The van der Waals surface area contributed by atoms with Crippen LogP contribution >= 0.6 is 0 Å². The van der Waals surface area contributed by atoms with Gasteiger partial charge < -0.3 is 15.2 Å². The van der Waals surface area contributed by atoms with Crippen LogP contribution in [0.15, 0.2) is 18.2 Å². The molecule has 110 valence electrons. The van der Waals surface area contributed by atoms with Gasteiger partial charge in [0, 0.05) is 12.6 Å². The van der Waals surface area contributed by atoms with E-state index in [4.69, 9.17) is 4.74 Å². The number of nitro benzene ring substituents is 1. The maximum atomic E-state index is 11.9. The van der Waals surface area contributed by atoms with E-state index in [-0.39, 0.29) is 23.5 Å². The third-order valence-electron chi connectivity index (χ3n) is 2.76. The second kappa shape index (κ2) is 7.44. The molecular weight excluding hydrogens is 264 g/mol. The van der Waals surface area contributed by atoms with Gasteiger partial charge >= 0.3 is 0 Å². The van der Waals surface area contributed by atoms with Crippen molar-refractivity contribution in [2.75, 3.05) is 13.7 Å². The number of nitro groups is 1. The van der Waals surface area contributed by atoms with Crippen LogP contribution < -0.4 is 10.1 Å². The van der Waals surface area contributed by atoms with E-state index < -0.39 is 16.9 Å². The Kier molecular flexibility index (Phi) is 5.92. The quantitative estimate of drug-likeness (QED) is 0.582. The number of aliphatic hydroxyl groups is 1. The number of non-ortho nitro benzene ring substituents is 1. The van der Waals surface area contributed by atoms with Crippen molar-refractivity contribution in [3.8, 4) is 5.75 Å². The van der Waals surface area contributed by atoms with Gasteiger partial charge in [0.15, 0.2) is 0 Å². The molecule has 1 amide bonds. The van der Waals surface area contributed by atoms with Crippen LogP contribution in [0.4, 0.5) is 5.69 Å². The zero-order valence-corrected chi connectivity index (χ0v) is 11.5. The van der Waals surface area contributed by atoms with Gasteiger partial charge in [-0.05, 0) is 12.5 Å². The highest BCUT2D eigenvalue weighted by Crippen LogP contribution is 2.24. The lowest BCUT2D eigenvalue weighted by Gasteiger charge is -2.12. The lowest BCUT2D eigenvalue weighted by molar-refractivity contribution is -0.384. The molecule has 2 N–H and O–H groups in total. The van der Waals surface area contributed by atoms with E-state index >= 15 is 0 Å². The second-order valence-electron chi connectivity index (χ2n) is 4.29. The van der Waals surface area contributed by atoms with E-state index in [1.165, 1.54) is 25.3 Å². The summed E-state index contributed by atoms with van der Waals surface area (Å²) in [4.78, 5) is 22.0. The number of methoxy groups -OCH3 is 1. The fraction of sp³-hybridized carbons (Fsp3) is 0.462. The summed E-state index contributed by atoms with van der Waals surface area (Å²) in [6.07, 6.45) is 0.809. The van der Waals surface area contributed by atoms with Crippen LogP contribution in [-0.4, -0.2) is 35.7 Å². The summed E-state index contributed by atoms with van der Waals surface area (Å²) in [6, 6.07) is 3.76. The highest BCUT2D eigenvalue weighted by Gasteiger charge is 2.17. The maximum absolute atomic E-state index is 11.9. The molecule has 0 fully saturated rings. The van der Waals surface area contributed by atoms with Crippen LogP contribution in [0.1, 0.15) is 30.1 Å². The molecule has 1 atom stereocenters. The molecule has 0 aliphatic heterocycles. The van der Waals surface area contributed by atoms with Crippen molar-refractivity contribution in [2.45, 2.75) is 25.9 Å². The number of aliphatic hydroxyl groups excluding tert-OH is 1. The highest BCUT2D eigenvalue weighted by atomic mass is 16.6. The molecule has 0 aliphatic carbocycles. The Bertz CT molecular complexity index is 490. The summed E-state index contributed by atoms with van der Waals surface area (Å²) in [6.45, 7) is 2.07. The molecule has 0 saturated carbocycles. The van der Waals surface area contributed by atoms with Crippen LogP contribution in [0.3, 0.4) is 0 Å². The van der Waals surface area contributed by atoms with Gasteiger partial charge in [0.25, 0.3) is 11.6 Å². The van der Waals surface area contributed by atoms with Crippen molar-refractivity contribution < 1.29 is 19.6 Å². The minimum Gasteiger partial charge on any atom is -0.496 e. The Hall–Kier alpha value is -2.15. The van der Waals surface area contributed by atoms with Crippen LogP contribution in [0.2, 0.25) is 0 Å². The topological polar surface area (TPSA) is 102 Å². The van der Waals surface area contributed by atoms with E-state index in [9.17, 15) is 20.0 Å². The summed E-state index contributed by atoms with van der Waals surface area (Å²) in [5.74, 6) is -0.311. The van der Waals surface area contributed by atoms with Crippen molar-refractivity contribution >= 4 is 11.6 Å².